The number of benzene rings is 1. The lowest BCUT2D eigenvalue weighted by atomic mass is 9.97. The molecule has 0 radical (unpaired) electrons. The van der Waals surface area contributed by atoms with E-state index in [1.807, 2.05) is 0 Å². The van der Waals surface area contributed by atoms with Gasteiger partial charge < -0.3 is 10.2 Å². The quantitative estimate of drug-likeness (QED) is 0.876. The molecule has 0 saturated carbocycles. The third-order valence-corrected chi connectivity index (χ3v) is 4.42. The van der Waals surface area contributed by atoms with Crippen molar-refractivity contribution in [3.05, 3.63) is 35.4 Å². The minimum absolute atomic E-state index is 0.677. The van der Waals surface area contributed by atoms with Gasteiger partial charge >= 0.3 is 0 Å². The maximum Gasteiger partial charge on any atom is 0.0221 e. The lowest BCUT2D eigenvalue weighted by Gasteiger charge is -2.36. The minimum atomic E-state index is 0.677. The smallest absolute Gasteiger partial charge is 0.0221 e. The fourth-order valence-corrected chi connectivity index (χ4v) is 2.87. The number of nitrogens with zero attached hydrogens (tertiary/aromatic N) is 1. The fraction of sp³-hybridized carbons (Fsp3) is 0.647. The molecule has 106 valence electrons. The van der Waals surface area contributed by atoms with Crippen LogP contribution in [0.5, 0.6) is 0 Å². The van der Waals surface area contributed by atoms with Crippen molar-refractivity contribution in [1.29, 1.82) is 0 Å². The Balaban J connectivity index is 1.82. The molecule has 1 heterocycles. The van der Waals surface area contributed by atoms with E-state index in [1.54, 1.807) is 0 Å². The average Bonchev–Trinajstić information content (AvgIpc) is 2.45. The van der Waals surface area contributed by atoms with Crippen molar-refractivity contribution in [2.45, 2.75) is 39.7 Å². The highest BCUT2D eigenvalue weighted by Crippen LogP contribution is 2.13. The molecule has 2 heteroatoms. The third kappa shape index (κ3) is 4.32. The molecule has 0 spiro atoms. The Morgan fingerprint density at radius 1 is 1.42 bits per heavy atom. The maximum atomic E-state index is 3.67. The van der Waals surface area contributed by atoms with E-state index in [2.05, 4.69) is 55.3 Å². The maximum absolute atomic E-state index is 3.67. The Morgan fingerprint density at radius 2 is 2.26 bits per heavy atom. The van der Waals surface area contributed by atoms with E-state index in [0.717, 1.165) is 12.5 Å². The van der Waals surface area contributed by atoms with Gasteiger partial charge in [0, 0.05) is 32.2 Å². The van der Waals surface area contributed by atoms with Crippen LogP contribution in [0, 0.1) is 12.8 Å². The zero-order valence-electron chi connectivity index (χ0n) is 12.7. The normalized spacial score (nSPS) is 22.4. The summed E-state index contributed by atoms with van der Waals surface area (Å²) in [6.45, 7) is 11.6. The predicted octanol–water partition coefficient (Wildman–Crippen LogP) is 2.86. The summed E-state index contributed by atoms with van der Waals surface area (Å²) >= 11 is 0. The molecular formula is C17H28N2. The van der Waals surface area contributed by atoms with Crippen LogP contribution in [0.4, 0.5) is 0 Å². The number of rotatable bonds is 5. The van der Waals surface area contributed by atoms with Crippen molar-refractivity contribution in [3.8, 4) is 0 Å². The van der Waals surface area contributed by atoms with Crippen molar-refractivity contribution in [2.24, 2.45) is 5.92 Å². The molecule has 1 fully saturated rings. The second-order valence-corrected chi connectivity index (χ2v) is 5.99. The van der Waals surface area contributed by atoms with Gasteiger partial charge in [-0.25, -0.2) is 0 Å². The fourth-order valence-electron chi connectivity index (χ4n) is 2.87. The van der Waals surface area contributed by atoms with E-state index < -0.39 is 0 Å². The number of piperazine rings is 1. The van der Waals surface area contributed by atoms with E-state index in [4.69, 9.17) is 0 Å². The number of hydrogen-bond donors (Lipinski definition) is 1. The summed E-state index contributed by atoms with van der Waals surface area (Å²) in [6, 6.07) is 9.59. The Labute approximate surface area is 118 Å². The van der Waals surface area contributed by atoms with Gasteiger partial charge in [-0.2, -0.15) is 0 Å². The molecule has 0 aliphatic carbocycles. The van der Waals surface area contributed by atoms with E-state index in [1.165, 1.54) is 43.6 Å². The molecule has 2 nitrogen and oxygen atoms in total. The second-order valence-electron chi connectivity index (χ2n) is 5.99. The summed E-state index contributed by atoms with van der Waals surface area (Å²) in [4.78, 5) is 2.62. The van der Waals surface area contributed by atoms with Gasteiger partial charge in [-0.05, 0) is 24.8 Å². The molecule has 1 aliphatic rings. The molecule has 1 aromatic rings. The van der Waals surface area contributed by atoms with Gasteiger partial charge in [0.1, 0.15) is 0 Å². The average molecular weight is 260 g/mol. The van der Waals surface area contributed by atoms with Crippen LogP contribution in [0.25, 0.3) is 0 Å². The summed E-state index contributed by atoms with van der Waals surface area (Å²) in [5, 5.41) is 3.67. The Kier molecular flexibility index (Phi) is 5.41. The zero-order valence-corrected chi connectivity index (χ0v) is 12.7. The highest BCUT2D eigenvalue weighted by atomic mass is 15.2. The molecule has 2 unspecified atom stereocenters. The van der Waals surface area contributed by atoms with Crippen molar-refractivity contribution in [1.82, 2.24) is 10.2 Å². The lowest BCUT2D eigenvalue weighted by molar-refractivity contribution is 0.170. The first-order chi connectivity index (χ1) is 9.19. The van der Waals surface area contributed by atoms with Crippen LogP contribution in [0.15, 0.2) is 24.3 Å². The van der Waals surface area contributed by atoms with Crippen LogP contribution in [0.3, 0.4) is 0 Å². The monoisotopic (exact) mass is 260 g/mol. The van der Waals surface area contributed by atoms with Gasteiger partial charge in [0.25, 0.3) is 0 Å². The first kappa shape index (κ1) is 14.5. The van der Waals surface area contributed by atoms with Crippen LogP contribution < -0.4 is 5.32 Å². The van der Waals surface area contributed by atoms with Gasteiger partial charge in [0.2, 0.25) is 0 Å². The van der Waals surface area contributed by atoms with E-state index in [9.17, 15) is 0 Å². The molecular weight excluding hydrogens is 232 g/mol. The third-order valence-electron chi connectivity index (χ3n) is 4.42. The van der Waals surface area contributed by atoms with E-state index in [0.29, 0.717) is 6.04 Å². The molecule has 19 heavy (non-hydrogen) atoms. The molecule has 2 atom stereocenters. The van der Waals surface area contributed by atoms with Crippen LogP contribution in [-0.4, -0.2) is 37.1 Å². The first-order valence-electron chi connectivity index (χ1n) is 7.70. The first-order valence-corrected chi connectivity index (χ1v) is 7.70. The summed E-state index contributed by atoms with van der Waals surface area (Å²) < 4.78 is 0. The molecule has 1 saturated heterocycles. The number of aryl methyl sites for hydroxylation is 1. The van der Waals surface area contributed by atoms with Crippen molar-refractivity contribution < 1.29 is 0 Å². The summed E-state index contributed by atoms with van der Waals surface area (Å²) in [7, 11) is 0. The van der Waals surface area contributed by atoms with Gasteiger partial charge in [0.15, 0.2) is 0 Å². The molecule has 0 amide bonds. The van der Waals surface area contributed by atoms with Gasteiger partial charge in [-0.1, -0.05) is 50.1 Å². The van der Waals surface area contributed by atoms with Crippen LogP contribution in [0.1, 0.15) is 31.4 Å². The summed E-state index contributed by atoms with van der Waals surface area (Å²) in [5.74, 6) is 0.779. The highest BCUT2D eigenvalue weighted by Gasteiger charge is 2.22. The molecule has 0 aromatic heterocycles. The Morgan fingerprint density at radius 3 is 3.00 bits per heavy atom. The molecule has 2 rings (SSSR count). The van der Waals surface area contributed by atoms with Gasteiger partial charge in [-0.15, -0.1) is 0 Å². The zero-order chi connectivity index (χ0) is 13.7. The van der Waals surface area contributed by atoms with Crippen molar-refractivity contribution in [3.63, 3.8) is 0 Å². The Hall–Kier alpha value is -0.860. The summed E-state index contributed by atoms with van der Waals surface area (Å²) in [5.41, 5.74) is 2.84. The molecule has 1 aliphatic heterocycles. The van der Waals surface area contributed by atoms with Gasteiger partial charge in [-0.3, -0.25) is 0 Å². The van der Waals surface area contributed by atoms with Crippen LogP contribution in [-0.2, 0) is 6.42 Å². The van der Waals surface area contributed by atoms with E-state index in [-0.39, 0.29) is 0 Å². The Bertz CT molecular complexity index is 389. The number of hydrogen-bond acceptors (Lipinski definition) is 2. The molecule has 1 N–H and O–H groups in total. The lowest BCUT2D eigenvalue weighted by Crippen LogP contribution is -2.53. The second kappa shape index (κ2) is 7.06. The highest BCUT2D eigenvalue weighted by molar-refractivity contribution is 5.22. The SMILES string of the molecule is CCC(C)C1CN(CCc2cccc(C)c2)CCN1. The molecule has 0 bridgehead atoms. The van der Waals surface area contributed by atoms with Crippen molar-refractivity contribution >= 4 is 0 Å². The largest absolute Gasteiger partial charge is 0.311 e. The van der Waals surface area contributed by atoms with Crippen molar-refractivity contribution in [2.75, 3.05) is 26.2 Å². The standard InChI is InChI=1S/C17H28N2/c1-4-15(3)17-13-19(11-9-18-17)10-8-16-7-5-6-14(2)12-16/h5-7,12,15,17-18H,4,8-11,13H2,1-3H3. The topological polar surface area (TPSA) is 15.3 Å². The number of nitrogens with one attached hydrogen (secondary N) is 1. The summed E-state index contributed by atoms with van der Waals surface area (Å²) in [6.07, 6.45) is 2.44. The van der Waals surface area contributed by atoms with Crippen LogP contribution in [0.2, 0.25) is 0 Å². The minimum Gasteiger partial charge on any atom is -0.311 e. The molecule has 1 aromatic carbocycles. The van der Waals surface area contributed by atoms with Crippen LogP contribution >= 0.6 is 0 Å². The predicted molar refractivity (Wildman–Crippen MR) is 82.6 cm³/mol. The van der Waals surface area contributed by atoms with Gasteiger partial charge in [0.05, 0.1) is 0 Å². The van der Waals surface area contributed by atoms with E-state index >= 15 is 0 Å².